The second-order valence-corrected chi connectivity index (χ2v) is 10.9. The molecule has 9 heteroatoms. The van der Waals surface area contributed by atoms with Crippen LogP contribution in [-0.2, 0) is 11.3 Å². The molecule has 0 spiro atoms. The molecule has 0 aliphatic heterocycles. The molecule has 0 bridgehead atoms. The number of benzene rings is 3. The largest absolute Gasteiger partial charge is 0.350 e. The molecule has 2 N–H and O–H groups in total. The van der Waals surface area contributed by atoms with Crippen LogP contribution in [-0.4, -0.2) is 33.2 Å². The van der Waals surface area contributed by atoms with Gasteiger partial charge in [0.1, 0.15) is 0 Å². The van der Waals surface area contributed by atoms with Crippen LogP contribution in [0, 0.1) is 13.8 Å². The Bertz CT molecular complexity index is 1540. The van der Waals surface area contributed by atoms with Gasteiger partial charge in [-0.15, -0.1) is 0 Å². The highest BCUT2D eigenvalue weighted by Gasteiger charge is 2.15. The predicted molar refractivity (Wildman–Crippen MR) is 154 cm³/mol. The van der Waals surface area contributed by atoms with E-state index in [4.69, 9.17) is 11.6 Å². The van der Waals surface area contributed by atoms with Gasteiger partial charge in [-0.1, -0.05) is 41.6 Å². The predicted octanol–water partition coefficient (Wildman–Crippen LogP) is 5.58. The van der Waals surface area contributed by atoms with Crippen molar-refractivity contribution in [3.05, 3.63) is 98.3 Å². The van der Waals surface area contributed by atoms with E-state index in [9.17, 15) is 14.4 Å². The van der Waals surface area contributed by atoms with E-state index >= 15 is 0 Å². The van der Waals surface area contributed by atoms with Crippen molar-refractivity contribution in [3.8, 4) is 0 Å². The van der Waals surface area contributed by atoms with Crippen LogP contribution in [0.25, 0.3) is 10.9 Å². The summed E-state index contributed by atoms with van der Waals surface area (Å²) >= 11 is 7.35. The second-order valence-electron chi connectivity index (χ2n) is 9.49. The number of aromatic nitrogens is 2. The lowest BCUT2D eigenvalue weighted by Gasteiger charge is -2.14. The SMILES string of the molecule is Cc1cc(C)cc(NC(=O)CSc2nc3ccc(Cl)cc3c(=O)n2Cc2ccc(C(=O)NC(C)C)cc2)c1. The minimum Gasteiger partial charge on any atom is -0.350 e. The lowest BCUT2D eigenvalue weighted by molar-refractivity contribution is -0.113. The van der Waals surface area contributed by atoms with Gasteiger partial charge in [0.15, 0.2) is 5.16 Å². The molecule has 0 fully saturated rings. The average molecular weight is 549 g/mol. The number of nitrogens with one attached hydrogen (secondary N) is 2. The Hall–Kier alpha value is -3.62. The quantitative estimate of drug-likeness (QED) is 0.221. The van der Waals surface area contributed by atoms with Crippen LogP contribution in [0.4, 0.5) is 5.69 Å². The van der Waals surface area contributed by atoms with E-state index in [0.717, 1.165) is 22.4 Å². The summed E-state index contributed by atoms with van der Waals surface area (Å²) in [5.41, 5.74) is 4.46. The summed E-state index contributed by atoms with van der Waals surface area (Å²) in [6, 6.07) is 18.0. The fraction of sp³-hybridized carbons (Fsp3) is 0.241. The maximum Gasteiger partial charge on any atom is 0.262 e. The first-order valence-electron chi connectivity index (χ1n) is 12.2. The summed E-state index contributed by atoms with van der Waals surface area (Å²) in [5, 5.41) is 7.04. The minimum atomic E-state index is -0.253. The number of carbonyl (C=O) groups excluding carboxylic acids is 2. The van der Waals surface area contributed by atoms with Crippen molar-refractivity contribution in [3.63, 3.8) is 0 Å². The molecular weight excluding hydrogens is 520 g/mol. The number of rotatable bonds is 8. The number of hydrogen-bond donors (Lipinski definition) is 2. The van der Waals surface area contributed by atoms with Gasteiger partial charge in [0.25, 0.3) is 11.5 Å². The normalized spacial score (nSPS) is 11.1. The molecule has 0 aliphatic carbocycles. The summed E-state index contributed by atoms with van der Waals surface area (Å²) in [4.78, 5) is 43.2. The molecule has 0 radical (unpaired) electrons. The third-order valence-electron chi connectivity index (χ3n) is 5.70. The second kappa shape index (κ2) is 11.8. The number of nitrogens with zero attached hydrogens (tertiary/aromatic N) is 2. The Morgan fingerprint density at radius 2 is 1.68 bits per heavy atom. The minimum absolute atomic E-state index is 0.0305. The zero-order valence-corrected chi connectivity index (χ0v) is 23.2. The molecule has 38 heavy (non-hydrogen) atoms. The van der Waals surface area contributed by atoms with Gasteiger partial charge >= 0.3 is 0 Å². The molecule has 1 aromatic heterocycles. The molecule has 4 aromatic rings. The van der Waals surface area contributed by atoms with Crippen molar-refractivity contribution in [1.29, 1.82) is 0 Å². The van der Waals surface area contributed by atoms with Gasteiger partial charge in [0, 0.05) is 22.3 Å². The van der Waals surface area contributed by atoms with E-state index in [1.54, 1.807) is 30.3 Å². The van der Waals surface area contributed by atoms with E-state index in [2.05, 4.69) is 15.6 Å². The molecule has 7 nitrogen and oxygen atoms in total. The summed E-state index contributed by atoms with van der Waals surface area (Å²) in [5.74, 6) is -0.276. The number of carbonyl (C=O) groups is 2. The van der Waals surface area contributed by atoms with Gasteiger partial charge in [0.05, 0.1) is 23.2 Å². The third-order valence-corrected chi connectivity index (χ3v) is 6.91. The van der Waals surface area contributed by atoms with Crippen LogP contribution >= 0.6 is 23.4 Å². The van der Waals surface area contributed by atoms with Gasteiger partial charge in [0.2, 0.25) is 5.91 Å². The van der Waals surface area contributed by atoms with Gasteiger partial charge in [-0.2, -0.15) is 0 Å². The summed E-state index contributed by atoms with van der Waals surface area (Å²) < 4.78 is 1.54. The maximum atomic E-state index is 13.5. The third kappa shape index (κ3) is 6.82. The lowest BCUT2D eigenvalue weighted by Crippen LogP contribution is -2.30. The Balaban J connectivity index is 1.60. The molecule has 1 heterocycles. The van der Waals surface area contributed by atoms with Crippen molar-refractivity contribution < 1.29 is 9.59 Å². The van der Waals surface area contributed by atoms with E-state index in [-0.39, 0.29) is 35.7 Å². The molecule has 196 valence electrons. The molecule has 4 rings (SSSR count). The van der Waals surface area contributed by atoms with Gasteiger partial charge in [-0.3, -0.25) is 19.0 Å². The highest BCUT2D eigenvalue weighted by molar-refractivity contribution is 7.99. The topological polar surface area (TPSA) is 93.1 Å². The molecule has 0 aliphatic rings. The van der Waals surface area contributed by atoms with Gasteiger partial charge in [-0.05, 0) is 86.8 Å². The number of hydrogen-bond acceptors (Lipinski definition) is 5. The zero-order chi connectivity index (χ0) is 27.4. The molecular formula is C29H29ClN4O3S. The fourth-order valence-electron chi connectivity index (χ4n) is 4.09. The van der Waals surface area contributed by atoms with Gasteiger partial charge in [-0.25, -0.2) is 4.98 Å². The van der Waals surface area contributed by atoms with Crippen LogP contribution < -0.4 is 16.2 Å². The molecule has 0 saturated heterocycles. The fourth-order valence-corrected chi connectivity index (χ4v) is 5.06. The first kappa shape index (κ1) is 27.4. The number of aryl methyl sites for hydroxylation is 2. The molecule has 0 saturated carbocycles. The standard InChI is InChI=1S/C29H29ClN4O3S/c1-17(2)31-27(36)21-7-5-20(6-8-21)15-34-28(37)24-14-22(30)9-10-25(24)33-29(34)38-16-26(35)32-23-12-18(3)11-19(4)13-23/h5-14,17H,15-16H2,1-4H3,(H,31,36)(H,32,35). The maximum absolute atomic E-state index is 13.5. The van der Waals surface area contributed by atoms with E-state index in [0.29, 0.717) is 26.6 Å². The van der Waals surface area contributed by atoms with Crippen LogP contribution in [0.3, 0.4) is 0 Å². The van der Waals surface area contributed by atoms with Crippen molar-refractivity contribution in [2.45, 2.75) is 45.4 Å². The number of halogens is 1. The summed E-state index contributed by atoms with van der Waals surface area (Å²) in [6.45, 7) is 7.98. The van der Waals surface area contributed by atoms with E-state index in [1.165, 1.54) is 16.3 Å². The Morgan fingerprint density at radius 3 is 2.34 bits per heavy atom. The molecule has 0 unspecified atom stereocenters. The highest BCUT2D eigenvalue weighted by Crippen LogP contribution is 2.22. The van der Waals surface area contributed by atoms with Crippen molar-refractivity contribution in [2.24, 2.45) is 0 Å². The number of amides is 2. The van der Waals surface area contributed by atoms with Crippen LogP contribution in [0.2, 0.25) is 5.02 Å². The number of fused-ring (bicyclic) bond motifs is 1. The van der Waals surface area contributed by atoms with E-state index in [1.807, 2.05) is 58.0 Å². The number of thioether (sulfide) groups is 1. The summed E-state index contributed by atoms with van der Waals surface area (Å²) in [6.07, 6.45) is 0. The van der Waals surface area contributed by atoms with Gasteiger partial charge < -0.3 is 10.6 Å². The monoisotopic (exact) mass is 548 g/mol. The Kier molecular flexibility index (Phi) is 8.54. The van der Waals surface area contributed by atoms with Crippen LogP contribution in [0.5, 0.6) is 0 Å². The molecule has 2 amide bonds. The van der Waals surface area contributed by atoms with Crippen LogP contribution in [0.1, 0.15) is 40.9 Å². The van der Waals surface area contributed by atoms with Crippen LogP contribution in [0.15, 0.2) is 70.6 Å². The smallest absolute Gasteiger partial charge is 0.262 e. The lowest BCUT2D eigenvalue weighted by atomic mass is 10.1. The van der Waals surface area contributed by atoms with Crippen molar-refractivity contribution in [1.82, 2.24) is 14.9 Å². The van der Waals surface area contributed by atoms with E-state index < -0.39 is 0 Å². The van der Waals surface area contributed by atoms with Crippen molar-refractivity contribution >= 4 is 51.8 Å². The highest BCUT2D eigenvalue weighted by atomic mass is 35.5. The Morgan fingerprint density at radius 1 is 1.00 bits per heavy atom. The summed E-state index contributed by atoms with van der Waals surface area (Å²) in [7, 11) is 0. The Labute approximate surface area is 230 Å². The van der Waals surface area contributed by atoms with Crippen molar-refractivity contribution in [2.75, 3.05) is 11.1 Å². The first-order valence-corrected chi connectivity index (χ1v) is 13.6. The zero-order valence-electron chi connectivity index (χ0n) is 21.7. The molecule has 0 atom stereocenters. The average Bonchev–Trinajstić information content (AvgIpc) is 2.84. The first-order chi connectivity index (χ1) is 18.1. The molecule has 3 aromatic carbocycles. The number of anilines is 1.